The molecule has 0 saturated heterocycles. The molecule has 0 aromatic carbocycles. The van der Waals surface area contributed by atoms with Crippen molar-refractivity contribution in [3.8, 4) is 0 Å². The molecular formula is C6H8N4O. The van der Waals surface area contributed by atoms with Crippen LogP contribution in [0.15, 0.2) is 18.6 Å². The van der Waals surface area contributed by atoms with Gasteiger partial charge in [0.1, 0.15) is 6.33 Å². The van der Waals surface area contributed by atoms with Gasteiger partial charge in [-0.3, -0.25) is 10.2 Å². The molecule has 0 radical (unpaired) electrons. The molecule has 0 unspecified atom stereocenters. The fraction of sp³-hybridized carbons (Fsp3) is 0.167. The van der Waals surface area contributed by atoms with Crippen LogP contribution in [0.2, 0.25) is 0 Å². The topological polar surface area (TPSA) is 80.9 Å². The Hall–Kier alpha value is -1.49. The molecule has 1 rings (SSSR count). The van der Waals surface area contributed by atoms with Gasteiger partial charge in [-0.15, -0.1) is 0 Å². The van der Waals surface area contributed by atoms with Crippen molar-refractivity contribution in [2.24, 2.45) is 5.84 Å². The maximum absolute atomic E-state index is 10.7. The van der Waals surface area contributed by atoms with Gasteiger partial charge in [0.05, 0.1) is 12.1 Å². The number of aromatic nitrogens is 2. The second-order valence-corrected chi connectivity index (χ2v) is 1.95. The van der Waals surface area contributed by atoms with E-state index in [9.17, 15) is 4.79 Å². The highest BCUT2D eigenvalue weighted by Gasteiger charge is 1.99. The van der Waals surface area contributed by atoms with Gasteiger partial charge in [-0.1, -0.05) is 0 Å². The highest BCUT2D eigenvalue weighted by Crippen LogP contribution is 1.90. The maximum atomic E-state index is 10.7. The van der Waals surface area contributed by atoms with Crippen molar-refractivity contribution >= 4 is 5.91 Å². The van der Waals surface area contributed by atoms with Gasteiger partial charge in [0, 0.05) is 6.20 Å². The molecule has 0 atom stereocenters. The minimum Gasteiger partial charge on any atom is -0.294 e. The summed E-state index contributed by atoms with van der Waals surface area (Å²) in [5.74, 6) is 4.62. The number of amides is 1. The van der Waals surface area contributed by atoms with E-state index in [1.165, 1.54) is 6.33 Å². The fourth-order valence-electron chi connectivity index (χ4n) is 0.638. The van der Waals surface area contributed by atoms with E-state index in [0.717, 1.165) is 0 Å². The predicted molar refractivity (Wildman–Crippen MR) is 38.1 cm³/mol. The van der Waals surface area contributed by atoms with Crippen molar-refractivity contribution in [3.05, 3.63) is 24.3 Å². The molecule has 1 heterocycles. The van der Waals surface area contributed by atoms with Crippen molar-refractivity contribution in [1.29, 1.82) is 0 Å². The number of nitrogens with zero attached hydrogens (tertiary/aromatic N) is 2. The zero-order valence-electron chi connectivity index (χ0n) is 5.82. The van der Waals surface area contributed by atoms with Gasteiger partial charge in [0.25, 0.3) is 0 Å². The average Bonchev–Trinajstić information content (AvgIpc) is 2.06. The normalized spacial score (nSPS) is 9.18. The first-order valence-corrected chi connectivity index (χ1v) is 3.07. The third-order valence-electron chi connectivity index (χ3n) is 1.15. The molecule has 0 spiro atoms. The van der Waals surface area contributed by atoms with Crippen LogP contribution in [0.25, 0.3) is 0 Å². The SMILES string of the molecule is NNC(=O)Cc1ccncn1. The number of hydrogen-bond acceptors (Lipinski definition) is 4. The summed E-state index contributed by atoms with van der Waals surface area (Å²) in [4.78, 5) is 18.2. The Bertz CT molecular complexity index is 236. The van der Waals surface area contributed by atoms with Crippen molar-refractivity contribution < 1.29 is 4.79 Å². The van der Waals surface area contributed by atoms with Gasteiger partial charge < -0.3 is 0 Å². The molecule has 0 saturated carbocycles. The lowest BCUT2D eigenvalue weighted by atomic mass is 10.3. The van der Waals surface area contributed by atoms with Gasteiger partial charge in [-0.25, -0.2) is 15.8 Å². The summed E-state index contributed by atoms with van der Waals surface area (Å²) < 4.78 is 0. The molecule has 58 valence electrons. The number of nitrogens with one attached hydrogen (secondary N) is 1. The van der Waals surface area contributed by atoms with E-state index in [2.05, 4.69) is 9.97 Å². The van der Waals surface area contributed by atoms with Crippen molar-refractivity contribution in [3.63, 3.8) is 0 Å². The summed E-state index contributed by atoms with van der Waals surface area (Å²) in [6, 6.07) is 1.66. The summed E-state index contributed by atoms with van der Waals surface area (Å²) in [5.41, 5.74) is 2.67. The lowest BCUT2D eigenvalue weighted by Crippen LogP contribution is -2.31. The summed E-state index contributed by atoms with van der Waals surface area (Å²) in [6.07, 6.45) is 3.16. The van der Waals surface area contributed by atoms with Crippen LogP contribution >= 0.6 is 0 Å². The van der Waals surface area contributed by atoms with Crippen LogP contribution in [0, 0.1) is 0 Å². The standard InChI is InChI=1S/C6H8N4O/c7-10-6(11)3-5-1-2-8-4-9-5/h1-2,4H,3,7H2,(H,10,11). The Morgan fingerprint density at radius 3 is 3.09 bits per heavy atom. The van der Waals surface area contributed by atoms with E-state index in [1.807, 2.05) is 5.43 Å². The molecule has 0 aliphatic heterocycles. The quantitative estimate of drug-likeness (QED) is 0.324. The van der Waals surface area contributed by atoms with E-state index in [1.54, 1.807) is 12.3 Å². The molecule has 0 bridgehead atoms. The van der Waals surface area contributed by atoms with Crippen molar-refractivity contribution in [2.45, 2.75) is 6.42 Å². The van der Waals surface area contributed by atoms with Gasteiger partial charge in [-0.05, 0) is 6.07 Å². The smallest absolute Gasteiger partial charge is 0.239 e. The van der Waals surface area contributed by atoms with E-state index in [4.69, 9.17) is 5.84 Å². The van der Waals surface area contributed by atoms with E-state index in [0.29, 0.717) is 5.69 Å². The van der Waals surface area contributed by atoms with E-state index >= 15 is 0 Å². The summed E-state index contributed by atoms with van der Waals surface area (Å²) in [7, 11) is 0. The number of carbonyl (C=O) groups excluding carboxylic acids is 1. The molecule has 5 heteroatoms. The van der Waals surface area contributed by atoms with Gasteiger partial charge >= 0.3 is 0 Å². The number of hydrogen-bond donors (Lipinski definition) is 2. The predicted octanol–water partition coefficient (Wildman–Crippen LogP) is -0.991. The van der Waals surface area contributed by atoms with Gasteiger partial charge in [0.2, 0.25) is 5.91 Å². The molecular weight excluding hydrogens is 144 g/mol. The maximum Gasteiger partial charge on any atom is 0.239 e. The minimum atomic E-state index is -0.260. The Kier molecular flexibility index (Phi) is 2.51. The van der Waals surface area contributed by atoms with Crippen LogP contribution in [0.5, 0.6) is 0 Å². The van der Waals surface area contributed by atoms with E-state index in [-0.39, 0.29) is 12.3 Å². The fourth-order valence-corrected chi connectivity index (χ4v) is 0.638. The van der Waals surface area contributed by atoms with Crippen LogP contribution in [0.1, 0.15) is 5.69 Å². The van der Waals surface area contributed by atoms with Crippen LogP contribution in [0.4, 0.5) is 0 Å². The zero-order valence-corrected chi connectivity index (χ0v) is 5.82. The van der Waals surface area contributed by atoms with Gasteiger partial charge in [0.15, 0.2) is 0 Å². The summed E-state index contributed by atoms with van der Waals surface area (Å²) >= 11 is 0. The van der Waals surface area contributed by atoms with Crippen molar-refractivity contribution in [1.82, 2.24) is 15.4 Å². The third kappa shape index (κ3) is 2.30. The first-order chi connectivity index (χ1) is 5.33. The number of rotatable bonds is 2. The zero-order chi connectivity index (χ0) is 8.10. The number of carbonyl (C=O) groups is 1. The van der Waals surface area contributed by atoms with Crippen LogP contribution in [-0.2, 0) is 11.2 Å². The highest BCUT2D eigenvalue weighted by atomic mass is 16.2. The monoisotopic (exact) mass is 152 g/mol. The number of nitrogens with two attached hydrogens (primary N) is 1. The second kappa shape index (κ2) is 3.62. The highest BCUT2D eigenvalue weighted by molar-refractivity contribution is 5.77. The molecule has 0 fully saturated rings. The summed E-state index contributed by atoms with van der Waals surface area (Å²) in [5, 5.41) is 0. The molecule has 0 aliphatic carbocycles. The summed E-state index contributed by atoms with van der Waals surface area (Å²) in [6.45, 7) is 0. The Balaban J connectivity index is 2.58. The number of hydrazine groups is 1. The van der Waals surface area contributed by atoms with Crippen LogP contribution < -0.4 is 11.3 Å². The first-order valence-electron chi connectivity index (χ1n) is 3.07. The van der Waals surface area contributed by atoms with Crippen LogP contribution in [-0.4, -0.2) is 15.9 Å². The molecule has 1 aromatic rings. The van der Waals surface area contributed by atoms with Crippen molar-refractivity contribution in [2.75, 3.05) is 0 Å². The molecule has 1 amide bonds. The average molecular weight is 152 g/mol. The second-order valence-electron chi connectivity index (χ2n) is 1.95. The third-order valence-corrected chi connectivity index (χ3v) is 1.15. The Morgan fingerprint density at radius 1 is 1.73 bits per heavy atom. The Morgan fingerprint density at radius 2 is 2.55 bits per heavy atom. The first kappa shape index (κ1) is 7.62. The molecule has 0 aliphatic rings. The lowest BCUT2D eigenvalue weighted by molar-refractivity contribution is -0.120. The van der Waals surface area contributed by atoms with E-state index < -0.39 is 0 Å². The Labute approximate surface area is 63.6 Å². The molecule has 1 aromatic heterocycles. The van der Waals surface area contributed by atoms with Gasteiger partial charge in [-0.2, -0.15) is 0 Å². The largest absolute Gasteiger partial charge is 0.294 e. The lowest BCUT2D eigenvalue weighted by Gasteiger charge is -1.96. The molecule has 3 N–H and O–H groups in total. The van der Waals surface area contributed by atoms with Crippen LogP contribution in [0.3, 0.4) is 0 Å². The molecule has 11 heavy (non-hydrogen) atoms. The molecule has 5 nitrogen and oxygen atoms in total. The minimum absolute atomic E-state index is 0.193.